The molecule has 5 heteroatoms. The first-order valence-electron chi connectivity index (χ1n) is 8.69. The second-order valence-corrected chi connectivity index (χ2v) is 6.21. The molecule has 128 valence electrons. The number of nitrogens with zero attached hydrogens (tertiary/aromatic N) is 2. The van der Waals surface area contributed by atoms with Crippen molar-refractivity contribution in [2.75, 3.05) is 18.4 Å². The molecule has 1 aliphatic rings. The molecule has 0 unspecified atom stereocenters. The Labute approximate surface area is 143 Å². The first-order chi connectivity index (χ1) is 11.6. The van der Waals surface area contributed by atoms with Crippen LogP contribution >= 0.6 is 0 Å². The molecule has 0 aromatic heterocycles. The van der Waals surface area contributed by atoms with Crippen LogP contribution in [0.15, 0.2) is 24.3 Å². The van der Waals surface area contributed by atoms with Crippen molar-refractivity contribution in [1.82, 2.24) is 4.90 Å². The van der Waals surface area contributed by atoms with Crippen LogP contribution in [0, 0.1) is 23.2 Å². The summed E-state index contributed by atoms with van der Waals surface area (Å²) >= 11 is 0. The normalized spacial score (nSPS) is 20.0. The van der Waals surface area contributed by atoms with E-state index in [1.807, 2.05) is 18.7 Å². The molecule has 0 radical (unpaired) electrons. The topological polar surface area (TPSA) is 73.2 Å². The lowest BCUT2D eigenvalue weighted by Gasteiger charge is -2.30. The molecule has 1 aromatic rings. The van der Waals surface area contributed by atoms with E-state index < -0.39 is 0 Å². The fourth-order valence-corrected chi connectivity index (χ4v) is 3.32. The van der Waals surface area contributed by atoms with Gasteiger partial charge in [-0.25, -0.2) is 0 Å². The Kier molecular flexibility index (Phi) is 6.36. The van der Waals surface area contributed by atoms with Gasteiger partial charge in [0.15, 0.2) is 0 Å². The zero-order valence-corrected chi connectivity index (χ0v) is 14.4. The van der Waals surface area contributed by atoms with Gasteiger partial charge in [0, 0.05) is 24.9 Å². The summed E-state index contributed by atoms with van der Waals surface area (Å²) in [6, 6.07) is 9.10. The number of nitrogens with one attached hydrogen (secondary N) is 1. The standard InChI is InChI=1S/C19H25N3O2/c1-3-22(4-2)19(24)15-11-9-14(10-12-15)18(23)21-17-8-6-5-7-16(17)13-20/h5-8,14-15H,3-4,9-12H2,1-2H3,(H,21,23). The van der Waals surface area contributed by atoms with Gasteiger partial charge in [0.2, 0.25) is 11.8 Å². The van der Waals surface area contributed by atoms with Gasteiger partial charge in [0.1, 0.15) is 6.07 Å². The van der Waals surface area contributed by atoms with Crippen molar-refractivity contribution >= 4 is 17.5 Å². The molecule has 2 rings (SSSR count). The van der Waals surface area contributed by atoms with Crippen molar-refractivity contribution in [3.8, 4) is 6.07 Å². The number of anilines is 1. The highest BCUT2D eigenvalue weighted by atomic mass is 16.2. The Balaban J connectivity index is 1.91. The zero-order valence-electron chi connectivity index (χ0n) is 14.4. The Morgan fingerprint density at radius 3 is 2.29 bits per heavy atom. The maximum atomic E-state index is 12.4. The number of carbonyl (C=O) groups is 2. The van der Waals surface area contributed by atoms with Crippen LogP contribution < -0.4 is 5.32 Å². The molecular weight excluding hydrogens is 302 g/mol. The lowest BCUT2D eigenvalue weighted by molar-refractivity contribution is -0.137. The summed E-state index contributed by atoms with van der Waals surface area (Å²) in [6.45, 7) is 5.46. The van der Waals surface area contributed by atoms with Gasteiger partial charge in [0.25, 0.3) is 0 Å². The van der Waals surface area contributed by atoms with Crippen LogP contribution in [0.3, 0.4) is 0 Å². The predicted molar refractivity (Wildman–Crippen MR) is 93.2 cm³/mol. The van der Waals surface area contributed by atoms with Gasteiger partial charge in [-0.15, -0.1) is 0 Å². The average Bonchev–Trinajstić information content (AvgIpc) is 2.63. The molecule has 2 amide bonds. The van der Waals surface area contributed by atoms with Crippen LogP contribution in [0.5, 0.6) is 0 Å². The van der Waals surface area contributed by atoms with E-state index in [2.05, 4.69) is 11.4 Å². The van der Waals surface area contributed by atoms with Crippen LogP contribution in [-0.2, 0) is 9.59 Å². The summed E-state index contributed by atoms with van der Waals surface area (Å²) in [6.07, 6.45) is 2.96. The molecule has 0 atom stereocenters. The van der Waals surface area contributed by atoms with Gasteiger partial charge in [-0.05, 0) is 51.7 Å². The summed E-state index contributed by atoms with van der Waals surface area (Å²) in [5.74, 6) is 0.123. The molecule has 0 saturated heterocycles. The molecule has 24 heavy (non-hydrogen) atoms. The highest BCUT2D eigenvalue weighted by molar-refractivity contribution is 5.94. The third-order valence-corrected chi connectivity index (χ3v) is 4.83. The molecule has 1 fully saturated rings. The number of hydrogen-bond donors (Lipinski definition) is 1. The molecule has 0 bridgehead atoms. The van der Waals surface area contributed by atoms with E-state index in [9.17, 15) is 9.59 Å². The van der Waals surface area contributed by atoms with Crippen LogP contribution in [0.2, 0.25) is 0 Å². The van der Waals surface area contributed by atoms with E-state index >= 15 is 0 Å². The quantitative estimate of drug-likeness (QED) is 0.902. The number of carbonyl (C=O) groups excluding carboxylic acids is 2. The Hall–Kier alpha value is -2.35. The summed E-state index contributed by atoms with van der Waals surface area (Å²) in [5.41, 5.74) is 1.03. The molecule has 0 heterocycles. The number of benzene rings is 1. The Bertz CT molecular complexity index is 624. The minimum absolute atomic E-state index is 0.0420. The second-order valence-electron chi connectivity index (χ2n) is 6.21. The summed E-state index contributed by atoms with van der Waals surface area (Å²) in [5, 5.41) is 12.0. The van der Waals surface area contributed by atoms with E-state index in [0.29, 0.717) is 11.3 Å². The Morgan fingerprint density at radius 2 is 1.71 bits per heavy atom. The molecule has 1 saturated carbocycles. The molecule has 0 aliphatic heterocycles. The minimum Gasteiger partial charge on any atom is -0.343 e. The van der Waals surface area contributed by atoms with Crippen LogP contribution in [-0.4, -0.2) is 29.8 Å². The smallest absolute Gasteiger partial charge is 0.227 e. The molecule has 1 N–H and O–H groups in total. The largest absolute Gasteiger partial charge is 0.343 e. The van der Waals surface area contributed by atoms with Gasteiger partial charge in [-0.2, -0.15) is 5.26 Å². The van der Waals surface area contributed by atoms with Crippen molar-refractivity contribution < 1.29 is 9.59 Å². The van der Waals surface area contributed by atoms with Crippen molar-refractivity contribution in [3.05, 3.63) is 29.8 Å². The van der Waals surface area contributed by atoms with Gasteiger partial charge < -0.3 is 10.2 Å². The summed E-state index contributed by atoms with van der Waals surface area (Å²) in [7, 11) is 0. The monoisotopic (exact) mass is 327 g/mol. The van der Waals surface area contributed by atoms with Gasteiger partial charge >= 0.3 is 0 Å². The number of nitriles is 1. The van der Waals surface area contributed by atoms with E-state index in [-0.39, 0.29) is 23.7 Å². The number of amides is 2. The molecular formula is C19H25N3O2. The number of hydrogen-bond acceptors (Lipinski definition) is 3. The van der Waals surface area contributed by atoms with E-state index in [0.717, 1.165) is 38.8 Å². The first-order valence-corrected chi connectivity index (χ1v) is 8.69. The van der Waals surface area contributed by atoms with E-state index in [1.165, 1.54) is 0 Å². The fourth-order valence-electron chi connectivity index (χ4n) is 3.32. The first kappa shape index (κ1) is 18.0. The van der Waals surface area contributed by atoms with E-state index in [1.54, 1.807) is 24.3 Å². The van der Waals surface area contributed by atoms with Crippen molar-refractivity contribution in [2.24, 2.45) is 11.8 Å². The van der Waals surface area contributed by atoms with Gasteiger partial charge in [-0.3, -0.25) is 9.59 Å². The Morgan fingerprint density at radius 1 is 1.12 bits per heavy atom. The minimum atomic E-state index is -0.0856. The van der Waals surface area contributed by atoms with Crippen molar-refractivity contribution in [3.63, 3.8) is 0 Å². The van der Waals surface area contributed by atoms with E-state index in [4.69, 9.17) is 5.26 Å². The maximum Gasteiger partial charge on any atom is 0.227 e. The summed E-state index contributed by atoms with van der Waals surface area (Å²) in [4.78, 5) is 26.7. The van der Waals surface area contributed by atoms with Crippen LogP contribution in [0.25, 0.3) is 0 Å². The van der Waals surface area contributed by atoms with Crippen LogP contribution in [0.1, 0.15) is 45.1 Å². The molecule has 1 aromatic carbocycles. The SMILES string of the molecule is CCN(CC)C(=O)C1CCC(C(=O)Nc2ccccc2C#N)CC1. The van der Waals surface area contributed by atoms with Crippen molar-refractivity contribution in [1.29, 1.82) is 5.26 Å². The van der Waals surface area contributed by atoms with Crippen molar-refractivity contribution in [2.45, 2.75) is 39.5 Å². The third-order valence-electron chi connectivity index (χ3n) is 4.83. The second kappa shape index (κ2) is 8.49. The number of para-hydroxylation sites is 1. The fraction of sp³-hybridized carbons (Fsp3) is 0.526. The molecule has 0 spiro atoms. The summed E-state index contributed by atoms with van der Waals surface area (Å²) < 4.78 is 0. The zero-order chi connectivity index (χ0) is 17.5. The third kappa shape index (κ3) is 4.14. The van der Waals surface area contributed by atoms with Crippen LogP contribution in [0.4, 0.5) is 5.69 Å². The molecule has 1 aliphatic carbocycles. The maximum absolute atomic E-state index is 12.4. The molecule has 5 nitrogen and oxygen atoms in total. The lowest BCUT2D eigenvalue weighted by Crippen LogP contribution is -2.38. The van der Waals surface area contributed by atoms with Gasteiger partial charge in [0.05, 0.1) is 11.3 Å². The average molecular weight is 327 g/mol. The van der Waals surface area contributed by atoms with Gasteiger partial charge in [-0.1, -0.05) is 12.1 Å². The predicted octanol–water partition coefficient (Wildman–Crippen LogP) is 3.17. The highest BCUT2D eigenvalue weighted by Gasteiger charge is 2.31. The highest BCUT2D eigenvalue weighted by Crippen LogP contribution is 2.31. The number of rotatable bonds is 5. The lowest BCUT2D eigenvalue weighted by atomic mass is 9.81.